The molecule has 0 fully saturated rings. The second-order valence-corrected chi connectivity index (χ2v) is 5.07. The molecule has 0 aliphatic rings. The van der Waals surface area contributed by atoms with Crippen LogP contribution in [0.5, 0.6) is 5.75 Å². The third-order valence-electron chi connectivity index (χ3n) is 3.68. The fourth-order valence-electron chi connectivity index (χ4n) is 2.54. The summed E-state index contributed by atoms with van der Waals surface area (Å²) in [6.07, 6.45) is 1.98. The molecule has 5 heteroatoms. The van der Waals surface area contributed by atoms with Crippen LogP contribution in [-0.4, -0.2) is 21.5 Å². The predicted molar refractivity (Wildman–Crippen MR) is 86.9 cm³/mol. The summed E-state index contributed by atoms with van der Waals surface area (Å²) in [6.45, 7) is 0. The zero-order chi connectivity index (χ0) is 15.1. The van der Waals surface area contributed by atoms with Crippen LogP contribution in [0.2, 0.25) is 0 Å². The lowest BCUT2D eigenvalue weighted by Crippen LogP contribution is -1.91. The first-order valence-corrected chi connectivity index (χ1v) is 6.93. The van der Waals surface area contributed by atoms with Gasteiger partial charge in [0.25, 0.3) is 0 Å². The first-order valence-electron chi connectivity index (χ1n) is 6.93. The molecule has 2 heterocycles. The summed E-state index contributed by atoms with van der Waals surface area (Å²) >= 11 is 0. The number of imidazole rings is 1. The molecule has 0 spiro atoms. The molecule has 4 rings (SSSR count). The van der Waals surface area contributed by atoms with Crippen molar-refractivity contribution >= 4 is 22.5 Å². The predicted octanol–water partition coefficient (Wildman–Crippen LogP) is 3.14. The number of rotatable bonds is 2. The van der Waals surface area contributed by atoms with Crippen LogP contribution in [-0.2, 0) is 0 Å². The number of methoxy groups -OCH3 is 1. The van der Waals surface area contributed by atoms with E-state index in [1.165, 1.54) is 0 Å². The molecular formula is C17H14N4O. The number of anilines is 1. The molecule has 5 nitrogen and oxygen atoms in total. The number of benzene rings is 2. The number of ether oxygens (including phenoxy) is 1. The second kappa shape index (κ2) is 4.73. The Labute approximate surface area is 127 Å². The first kappa shape index (κ1) is 12.6. The normalized spacial score (nSPS) is 11.1. The van der Waals surface area contributed by atoms with Gasteiger partial charge in [-0.05, 0) is 48.5 Å². The SMILES string of the molecule is COc1ccc(-c2ccn3c(n2)nc2cc(N)ccc23)cc1. The molecule has 22 heavy (non-hydrogen) atoms. The number of nitrogens with two attached hydrogens (primary N) is 1. The highest BCUT2D eigenvalue weighted by molar-refractivity contribution is 5.83. The largest absolute Gasteiger partial charge is 0.497 e. The maximum atomic E-state index is 5.81. The number of hydrogen-bond donors (Lipinski definition) is 1. The average Bonchev–Trinajstić information content (AvgIpc) is 2.91. The van der Waals surface area contributed by atoms with E-state index in [1.807, 2.05) is 59.1 Å². The summed E-state index contributed by atoms with van der Waals surface area (Å²) in [5.74, 6) is 1.49. The van der Waals surface area contributed by atoms with Crippen LogP contribution in [0.1, 0.15) is 0 Å². The summed E-state index contributed by atoms with van der Waals surface area (Å²) in [5, 5.41) is 0. The van der Waals surface area contributed by atoms with Crippen LogP contribution >= 0.6 is 0 Å². The van der Waals surface area contributed by atoms with Gasteiger partial charge in [0, 0.05) is 17.4 Å². The van der Waals surface area contributed by atoms with Crippen molar-refractivity contribution in [3.63, 3.8) is 0 Å². The van der Waals surface area contributed by atoms with Crippen molar-refractivity contribution in [2.24, 2.45) is 0 Å². The van der Waals surface area contributed by atoms with E-state index < -0.39 is 0 Å². The Morgan fingerprint density at radius 2 is 1.82 bits per heavy atom. The number of hydrogen-bond acceptors (Lipinski definition) is 4. The van der Waals surface area contributed by atoms with E-state index in [1.54, 1.807) is 7.11 Å². The van der Waals surface area contributed by atoms with Crippen LogP contribution < -0.4 is 10.5 Å². The Balaban J connectivity index is 1.87. The third kappa shape index (κ3) is 1.95. The zero-order valence-corrected chi connectivity index (χ0v) is 12.0. The molecule has 4 aromatic rings. The van der Waals surface area contributed by atoms with Crippen molar-refractivity contribution in [3.8, 4) is 17.0 Å². The van der Waals surface area contributed by atoms with E-state index in [-0.39, 0.29) is 0 Å². The van der Waals surface area contributed by atoms with E-state index in [4.69, 9.17) is 10.5 Å². The number of aromatic nitrogens is 3. The summed E-state index contributed by atoms with van der Waals surface area (Å²) in [5.41, 5.74) is 10.3. The minimum Gasteiger partial charge on any atom is -0.497 e. The minimum absolute atomic E-state index is 0.661. The molecule has 0 unspecified atom stereocenters. The lowest BCUT2D eigenvalue weighted by atomic mass is 10.1. The lowest BCUT2D eigenvalue weighted by molar-refractivity contribution is 0.415. The van der Waals surface area contributed by atoms with Crippen LogP contribution in [0, 0.1) is 0 Å². The first-order chi connectivity index (χ1) is 10.7. The van der Waals surface area contributed by atoms with Gasteiger partial charge in [-0.1, -0.05) is 0 Å². The van der Waals surface area contributed by atoms with Gasteiger partial charge in [0.1, 0.15) is 5.75 Å². The number of nitrogens with zero attached hydrogens (tertiary/aromatic N) is 3. The van der Waals surface area contributed by atoms with E-state index in [0.717, 1.165) is 28.0 Å². The molecular weight excluding hydrogens is 276 g/mol. The van der Waals surface area contributed by atoms with Crippen molar-refractivity contribution in [3.05, 3.63) is 54.7 Å². The molecule has 0 saturated carbocycles. The minimum atomic E-state index is 0.661. The molecule has 0 atom stereocenters. The highest BCUT2D eigenvalue weighted by atomic mass is 16.5. The maximum Gasteiger partial charge on any atom is 0.235 e. The number of nitrogen functional groups attached to an aromatic ring is 1. The lowest BCUT2D eigenvalue weighted by Gasteiger charge is -2.03. The molecule has 2 aromatic carbocycles. The van der Waals surface area contributed by atoms with E-state index in [9.17, 15) is 0 Å². The van der Waals surface area contributed by atoms with Crippen molar-refractivity contribution in [2.75, 3.05) is 12.8 Å². The summed E-state index contributed by atoms with van der Waals surface area (Å²) in [4.78, 5) is 9.18. The van der Waals surface area contributed by atoms with Crippen molar-refractivity contribution in [1.29, 1.82) is 0 Å². The molecule has 0 amide bonds. The summed E-state index contributed by atoms with van der Waals surface area (Å²) in [7, 11) is 1.65. The van der Waals surface area contributed by atoms with Gasteiger partial charge in [-0.2, -0.15) is 0 Å². The van der Waals surface area contributed by atoms with Gasteiger partial charge in [-0.25, -0.2) is 9.97 Å². The van der Waals surface area contributed by atoms with Gasteiger partial charge in [0.05, 0.1) is 23.8 Å². The summed E-state index contributed by atoms with van der Waals surface area (Å²) < 4.78 is 7.14. The molecule has 2 N–H and O–H groups in total. The van der Waals surface area contributed by atoms with Gasteiger partial charge in [0.15, 0.2) is 0 Å². The van der Waals surface area contributed by atoms with Gasteiger partial charge in [0.2, 0.25) is 5.78 Å². The van der Waals surface area contributed by atoms with Crippen molar-refractivity contribution in [2.45, 2.75) is 0 Å². The Morgan fingerprint density at radius 1 is 1.00 bits per heavy atom. The van der Waals surface area contributed by atoms with Crippen molar-refractivity contribution in [1.82, 2.24) is 14.4 Å². The quantitative estimate of drug-likeness (QED) is 0.576. The Kier molecular flexibility index (Phi) is 2.72. The smallest absolute Gasteiger partial charge is 0.235 e. The van der Waals surface area contributed by atoms with Gasteiger partial charge in [-0.3, -0.25) is 4.40 Å². The van der Waals surface area contributed by atoms with Gasteiger partial charge < -0.3 is 10.5 Å². The second-order valence-electron chi connectivity index (χ2n) is 5.07. The third-order valence-corrected chi connectivity index (χ3v) is 3.68. The van der Waals surface area contributed by atoms with Crippen LogP contribution in [0.15, 0.2) is 54.7 Å². The van der Waals surface area contributed by atoms with Crippen LogP contribution in [0.4, 0.5) is 5.69 Å². The number of fused-ring (bicyclic) bond motifs is 3. The van der Waals surface area contributed by atoms with Gasteiger partial charge >= 0.3 is 0 Å². The molecule has 0 bridgehead atoms. The van der Waals surface area contributed by atoms with Crippen molar-refractivity contribution < 1.29 is 4.74 Å². The fraction of sp³-hybridized carbons (Fsp3) is 0.0588. The molecule has 0 saturated heterocycles. The Bertz CT molecular complexity index is 973. The molecule has 2 aromatic heterocycles. The molecule has 0 radical (unpaired) electrons. The zero-order valence-electron chi connectivity index (χ0n) is 12.0. The monoisotopic (exact) mass is 290 g/mol. The standard InChI is InChI=1S/C17H14N4O/c1-22-13-5-2-11(3-6-13)14-8-9-21-16-7-4-12(18)10-15(16)20-17(21)19-14/h2-10H,18H2,1H3. The Hall–Kier alpha value is -3.08. The maximum absolute atomic E-state index is 5.81. The fourth-order valence-corrected chi connectivity index (χ4v) is 2.54. The topological polar surface area (TPSA) is 65.4 Å². The van der Waals surface area contributed by atoms with E-state index >= 15 is 0 Å². The molecule has 0 aliphatic carbocycles. The van der Waals surface area contributed by atoms with E-state index in [2.05, 4.69) is 9.97 Å². The van der Waals surface area contributed by atoms with Gasteiger partial charge in [-0.15, -0.1) is 0 Å². The van der Waals surface area contributed by atoms with Crippen LogP contribution in [0.3, 0.4) is 0 Å². The van der Waals surface area contributed by atoms with Crippen LogP contribution in [0.25, 0.3) is 28.1 Å². The Morgan fingerprint density at radius 3 is 2.59 bits per heavy atom. The molecule has 0 aliphatic heterocycles. The van der Waals surface area contributed by atoms with E-state index in [0.29, 0.717) is 11.5 Å². The highest BCUT2D eigenvalue weighted by Gasteiger charge is 2.08. The summed E-state index contributed by atoms with van der Waals surface area (Å²) in [6, 6.07) is 15.5. The molecule has 108 valence electrons. The average molecular weight is 290 g/mol. The highest BCUT2D eigenvalue weighted by Crippen LogP contribution is 2.23.